The van der Waals surface area contributed by atoms with E-state index in [9.17, 15) is 31.5 Å². The summed E-state index contributed by atoms with van der Waals surface area (Å²) in [6, 6.07) is 8.31. The van der Waals surface area contributed by atoms with Crippen LogP contribution < -0.4 is 19.5 Å². The van der Waals surface area contributed by atoms with E-state index in [1.54, 1.807) is 6.92 Å². The molecule has 2 aromatic carbocycles. The van der Waals surface area contributed by atoms with Crippen LogP contribution in [0.2, 0.25) is 0 Å². The van der Waals surface area contributed by atoms with Crippen LogP contribution in [-0.2, 0) is 14.8 Å². The summed E-state index contributed by atoms with van der Waals surface area (Å²) in [6.45, 7) is 1.47. The summed E-state index contributed by atoms with van der Waals surface area (Å²) < 4.78 is 74.6. The SMILES string of the molecule is CCOc1cc(NC(=O)[C@@H](CO)C2CC2)ccc1S(=O)(=O)Nc1cccc(OC(F)(F)F)c1. The quantitative estimate of drug-likeness (QED) is 0.470. The maximum Gasteiger partial charge on any atom is 0.573 e. The van der Waals surface area contributed by atoms with Gasteiger partial charge in [-0.25, -0.2) is 8.42 Å². The van der Waals surface area contributed by atoms with Gasteiger partial charge in [0.25, 0.3) is 10.0 Å². The van der Waals surface area contributed by atoms with Gasteiger partial charge >= 0.3 is 6.36 Å². The smallest absolute Gasteiger partial charge is 0.492 e. The molecule has 0 bridgehead atoms. The predicted molar refractivity (Wildman–Crippen MR) is 113 cm³/mol. The molecule has 3 rings (SSSR count). The van der Waals surface area contributed by atoms with E-state index in [-0.39, 0.29) is 47.1 Å². The first-order valence-electron chi connectivity index (χ1n) is 10.1. The maximum atomic E-state index is 12.9. The predicted octanol–water partition coefficient (Wildman–Crippen LogP) is 3.74. The second kappa shape index (κ2) is 9.87. The van der Waals surface area contributed by atoms with Crippen LogP contribution in [0.4, 0.5) is 24.5 Å². The number of aliphatic hydroxyl groups is 1. The highest BCUT2D eigenvalue weighted by Crippen LogP contribution is 2.37. The lowest BCUT2D eigenvalue weighted by molar-refractivity contribution is -0.274. The minimum absolute atomic E-state index is 0.0579. The third-order valence-electron chi connectivity index (χ3n) is 4.84. The van der Waals surface area contributed by atoms with Crippen molar-refractivity contribution < 1.29 is 41.0 Å². The van der Waals surface area contributed by atoms with Crippen LogP contribution in [0.3, 0.4) is 0 Å². The first-order valence-corrected chi connectivity index (χ1v) is 11.6. The van der Waals surface area contributed by atoms with Gasteiger partial charge in [-0.2, -0.15) is 0 Å². The Balaban J connectivity index is 1.82. The number of hydrogen-bond donors (Lipinski definition) is 3. The summed E-state index contributed by atoms with van der Waals surface area (Å²) in [5.41, 5.74) is 0.133. The summed E-state index contributed by atoms with van der Waals surface area (Å²) in [5, 5.41) is 12.1. The molecule has 1 amide bonds. The fourth-order valence-electron chi connectivity index (χ4n) is 3.22. The molecule has 8 nitrogen and oxygen atoms in total. The molecule has 33 heavy (non-hydrogen) atoms. The van der Waals surface area contributed by atoms with E-state index in [1.807, 2.05) is 0 Å². The number of benzene rings is 2. The van der Waals surface area contributed by atoms with Crippen LogP contribution in [-0.4, -0.2) is 39.0 Å². The maximum absolute atomic E-state index is 12.9. The van der Waals surface area contributed by atoms with Gasteiger partial charge in [0.05, 0.1) is 24.8 Å². The Bertz CT molecular complexity index is 1100. The van der Waals surface area contributed by atoms with Crippen LogP contribution in [0.1, 0.15) is 19.8 Å². The van der Waals surface area contributed by atoms with E-state index in [0.29, 0.717) is 0 Å². The molecule has 0 aromatic heterocycles. The Kier molecular flexibility index (Phi) is 7.38. The number of carbonyl (C=O) groups excluding carboxylic acids is 1. The van der Waals surface area contributed by atoms with Crippen molar-refractivity contribution in [3.05, 3.63) is 42.5 Å². The first-order chi connectivity index (χ1) is 15.5. The number of halogens is 3. The van der Waals surface area contributed by atoms with E-state index in [0.717, 1.165) is 25.0 Å². The van der Waals surface area contributed by atoms with Gasteiger partial charge in [0.1, 0.15) is 16.4 Å². The molecule has 2 aromatic rings. The van der Waals surface area contributed by atoms with Crippen molar-refractivity contribution in [1.82, 2.24) is 0 Å². The van der Waals surface area contributed by atoms with Crippen LogP contribution in [0.25, 0.3) is 0 Å². The minimum Gasteiger partial charge on any atom is -0.492 e. The molecule has 1 aliphatic rings. The lowest BCUT2D eigenvalue weighted by Crippen LogP contribution is -2.27. The molecule has 0 spiro atoms. The Morgan fingerprint density at radius 1 is 1.18 bits per heavy atom. The molecule has 0 radical (unpaired) electrons. The van der Waals surface area contributed by atoms with Crippen molar-refractivity contribution in [3.63, 3.8) is 0 Å². The molecular weight excluding hydrogens is 465 g/mol. The molecule has 0 heterocycles. The van der Waals surface area contributed by atoms with Crippen LogP contribution >= 0.6 is 0 Å². The molecule has 3 N–H and O–H groups in total. The zero-order chi connectivity index (χ0) is 24.2. The summed E-state index contributed by atoms with van der Waals surface area (Å²) in [5.74, 6) is -1.44. The van der Waals surface area contributed by atoms with Gasteiger partial charge in [0, 0.05) is 17.8 Å². The van der Waals surface area contributed by atoms with Crippen molar-refractivity contribution in [1.29, 1.82) is 0 Å². The Hall–Kier alpha value is -2.99. The molecule has 1 aliphatic carbocycles. The molecule has 12 heteroatoms. The van der Waals surface area contributed by atoms with Crippen molar-refractivity contribution in [2.45, 2.75) is 31.0 Å². The van der Waals surface area contributed by atoms with Gasteiger partial charge in [-0.3, -0.25) is 9.52 Å². The standard InChI is InChI=1S/C21H23F3N2O6S/c1-2-31-18-11-14(25-20(28)17(12-27)13-6-7-13)8-9-19(18)33(29,30)26-15-4-3-5-16(10-15)32-21(22,23)24/h3-5,8-11,13,17,26-27H,2,6-7,12H2,1H3,(H,25,28)/t17-/m0/s1. The van der Waals surface area contributed by atoms with Crippen molar-refractivity contribution >= 4 is 27.3 Å². The molecule has 0 unspecified atom stereocenters. The molecule has 0 aliphatic heterocycles. The summed E-state index contributed by atoms with van der Waals surface area (Å²) >= 11 is 0. The van der Waals surface area contributed by atoms with E-state index < -0.39 is 28.1 Å². The van der Waals surface area contributed by atoms with E-state index in [1.165, 1.54) is 30.3 Å². The van der Waals surface area contributed by atoms with Gasteiger partial charge in [0.15, 0.2) is 0 Å². The summed E-state index contributed by atoms with van der Waals surface area (Å²) in [6.07, 6.45) is -3.20. The number of carbonyl (C=O) groups is 1. The van der Waals surface area contributed by atoms with Gasteiger partial charge in [0.2, 0.25) is 5.91 Å². The number of hydrogen-bond acceptors (Lipinski definition) is 6. The highest BCUT2D eigenvalue weighted by Gasteiger charge is 2.36. The zero-order valence-corrected chi connectivity index (χ0v) is 18.4. The highest BCUT2D eigenvalue weighted by atomic mass is 32.2. The number of nitrogens with one attached hydrogen (secondary N) is 2. The number of rotatable bonds is 10. The first kappa shape index (κ1) is 24.6. The summed E-state index contributed by atoms with van der Waals surface area (Å²) in [7, 11) is -4.26. The largest absolute Gasteiger partial charge is 0.573 e. The van der Waals surface area contributed by atoms with E-state index in [2.05, 4.69) is 14.8 Å². The van der Waals surface area contributed by atoms with Crippen molar-refractivity contribution in [2.24, 2.45) is 11.8 Å². The lowest BCUT2D eigenvalue weighted by atomic mass is 10.0. The molecule has 0 saturated heterocycles. The lowest BCUT2D eigenvalue weighted by Gasteiger charge is -2.17. The van der Waals surface area contributed by atoms with Crippen LogP contribution in [0.15, 0.2) is 47.4 Å². The average Bonchev–Trinajstić information content (AvgIpc) is 3.52. The second-order valence-electron chi connectivity index (χ2n) is 7.39. The fourth-order valence-corrected chi connectivity index (χ4v) is 4.40. The minimum atomic E-state index is -4.92. The molecule has 1 atom stereocenters. The van der Waals surface area contributed by atoms with Gasteiger partial charge in [-0.15, -0.1) is 13.2 Å². The molecule has 1 fully saturated rings. The molecular formula is C21H23F3N2O6S. The molecule has 180 valence electrons. The molecule has 1 saturated carbocycles. The normalized spacial score (nSPS) is 14.9. The third kappa shape index (κ3) is 6.75. The number of alkyl halides is 3. The number of aliphatic hydroxyl groups excluding tert-OH is 1. The van der Waals surface area contributed by atoms with Crippen molar-refractivity contribution in [3.8, 4) is 11.5 Å². The number of sulfonamides is 1. The highest BCUT2D eigenvalue weighted by molar-refractivity contribution is 7.92. The second-order valence-corrected chi connectivity index (χ2v) is 9.04. The number of amides is 1. The Morgan fingerprint density at radius 3 is 2.52 bits per heavy atom. The van der Waals surface area contributed by atoms with Crippen LogP contribution in [0, 0.1) is 11.8 Å². The monoisotopic (exact) mass is 488 g/mol. The average molecular weight is 488 g/mol. The zero-order valence-electron chi connectivity index (χ0n) is 17.6. The van der Waals surface area contributed by atoms with Gasteiger partial charge in [-0.1, -0.05) is 6.07 Å². The van der Waals surface area contributed by atoms with Gasteiger partial charge < -0.3 is 19.9 Å². The fraction of sp³-hybridized carbons (Fsp3) is 0.381. The third-order valence-corrected chi connectivity index (χ3v) is 6.27. The number of anilines is 2. The van der Waals surface area contributed by atoms with Crippen LogP contribution in [0.5, 0.6) is 11.5 Å². The van der Waals surface area contributed by atoms with E-state index in [4.69, 9.17) is 4.74 Å². The van der Waals surface area contributed by atoms with E-state index >= 15 is 0 Å². The number of ether oxygens (including phenoxy) is 2. The van der Waals surface area contributed by atoms with Gasteiger partial charge in [-0.05, 0) is 49.9 Å². The summed E-state index contributed by atoms with van der Waals surface area (Å²) in [4.78, 5) is 12.1. The Labute approximate surface area is 188 Å². The topological polar surface area (TPSA) is 114 Å². The van der Waals surface area contributed by atoms with Crippen molar-refractivity contribution in [2.75, 3.05) is 23.3 Å². The Morgan fingerprint density at radius 2 is 1.91 bits per heavy atom.